The van der Waals surface area contributed by atoms with E-state index in [9.17, 15) is 4.79 Å². The summed E-state index contributed by atoms with van der Waals surface area (Å²) in [5, 5.41) is 2.96. The predicted octanol–water partition coefficient (Wildman–Crippen LogP) is 2.92. The van der Waals surface area contributed by atoms with Crippen molar-refractivity contribution in [2.75, 3.05) is 19.0 Å². The van der Waals surface area contributed by atoms with Gasteiger partial charge in [0, 0.05) is 18.3 Å². The number of amides is 1. The van der Waals surface area contributed by atoms with Crippen molar-refractivity contribution in [1.29, 1.82) is 0 Å². The fourth-order valence-corrected chi connectivity index (χ4v) is 2.99. The van der Waals surface area contributed by atoms with E-state index in [0.29, 0.717) is 12.3 Å². The minimum Gasteiger partial charge on any atom is -0.495 e. The van der Waals surface area contributed by atoms with Gasteiger partial charge < -0.3 is 15.8 Å². The zero-order chi connectivity index (χ0) is 13.9. The summed E-state index contributed by atoms with van der Waals surface area (Å²) in [6, 6.07) is 5.52. The highest BCUT2D eigenvalue weighted by Crippen LogP contribution is 2.38. The fraction of sp³-hybridized carbons (Fsp3) is 0.500. The van der Waals surface area contributed by atoms with Crippen molar-refractivity contribution >= 4 is 27.5 Å². The van der Waals surface area contributed by atoms with E-state index >= 15 is 0 Å². The molecule has 5 heteroatoms. The van der Waals surface area contributed by atoms with Crippen LogP contribution in [-0.2, 0) is 4.79 Å². The van der Waals surface area contributed by atoms with Crippen molar-refractivity contribution in [3.63, 3.8) is 0 Å². The van der Waals surface area contributed by atoms with E-state index in [0.717, 1.165) is 35.8 Å². The number of halogens is 1. The Bertz CT molecular complexity index is 471. The third kappa shape index (κ3) is 2.92. The molecule has 4 nitrogen and oxygen atoms in total. The van der Waals surface area contributed by atoms with Gasteiger partial charge in [-0.05, 0) is 40.9 Å². The van der Waals surface area contributed by atoms with Crippen LogP contribution in [0.5, 0.6) is 5.75 Å². The first kappa shape index (κ1) is 14.3. The molecular weight excluding hydrogens is 308 g/mol. The van der Waals surface area contributed by atoms with Crippen molar-refractivity contribution in [1.82, 2.24) is 0 Å². The SMILES string of the molecule is COc1cc(NC(=O)C2(CN)CCCC2)ccc1Br. The van der Waals surface area contributed by atoms with Gasteiger partial charge in [0.05, 0.1) is 17.0 Å². The third-order valence-corrected chi connectivity index (χ3v) is 4.50. The first-order chi connectivity index (χ1) is 9.11. The quantitative estimate of drug-likeness (QED) is 0.894. The number of hydrogen-bond donors (Lipinski definition) is 2. The lowest BCUT2D eigenvalue weighted by molar-refractivity contribution is -0.124. The molecule has 0 aliphatic heterocycles. The second-order valence-corrected chi connectivity index (χ2v) is 5.85. The van der Waals surface area contributed by atoms with E-state index in [2.05, 4.69) is 21.2 Å². The molecule has 19 heavy (non-hydrogen) atoms. The van der Waals surface area contributed by atoms with Crippen LogP contribution in [0.1, 0.15) is 25.7 Å². The number of nitrogens with one attached hydrogen (secondary N) is 1. The summed E-state index contributed by atoms with van der Waals surface area (Å²) >= 11 is 3.39. The van der Waals surface area contributed by atoms with Crippen molar-refractivity contribution in [3.05, 3.63) is 22.7 Å². The maximum absolute atomic E-state index is 12.4. The minimum atomic E-state index is -0.389. The van der Waals surface area contributed by atoms with Gasteiger partial charge in [0.15, 0.2) is 0 Å². The summed E-state index contributed by atoms with van der Waals surface area (Å²) in [6.45, 7) is 0.409. The molecule has 1 fully saturated rings. The monoisotopic (exact) mass is 326 g/mol. The summed E-state index contributed by atoms with van der Waals surface area (Å²) in [6.07, 6.45) is 3.91. The third-order valence-electron chi connectivity index (χ3n) is 3.84. The van der Waals surface area contributed by atoms with Crippen molar-refractivity contribution in [2.45, 2.75) is 25.7 Å². The van der Waals surface area contributed by atoms with E-state index in [-0.39, 0.29) is 11.3 Å². The van der Waals surface area contributed by atoms with Gasteiger partial charge in [0.1, 0.15) is 5.75 Å². The molecule has 0 aromatic heterocycles. The Morgan fingerprint density at radius 3 is 2.74 bits per heavy atom. The van der Waals surface area contributed by atoms with Crippen molar-refractivity contribution in [3.8, 4) is 5.75 Å². The number of carbonyl (C=O) groups excluding carboxylic acids is 1. The molecule has 104 valence electrons. The van der Waals surface area contributed by atoms with Crippen LogP contribution in [0.4, 0.5) is 5.69 Å². The van der Waals surface area contributed by atoms with Gasteiger partial charge in [-0.15, -0.1) is 0 Å². The summed E-state index contributed by atoms with van der Waals surface area (Å²) in [5.41, 5.74) is 6.16. The predicted molar refractivity (Wildman–Crippen MR) is 79.3 cm³/mol. The van der Waals surface area contributed by atoms with Gasteiger partial charge in [-0.2, -0.15) is 0 Å². The molecule has 3 N–H and O–H groups in total. The van der Waals surface area contributed by atoms with Gasteiger partial charge in [-0.25, -0.2) is 0 Å². The minimum absolute atomic E-state index is 0.0249. The standard InChI is InChI=1S/C14H19BrN2O2/c1-19-12-8-10(4-5-11(12)15)17-13(18)14(9-16)6-2-3-7-14/h4-5,8H,2-3,6-7,9,16H2,1H3,(H,17,18). The molecule has 0 heterocycles. The van der Waals surface area contributed by atoms with Gasteiger partial charge in [-0.1, -0.05) is 12.8 Å². The maximum atomic E-state index is 12.4. The average Bonchev–Trinajstić information content (AvgIpc) is 2.91. The second-order valence-electron chi connectivity index (χ2n) is 5.00. The van der Waals surface area contributed by atoms with E-state index < -0.39 is 0 Å². The van der Waals surface area contributed by atoms with Gasteiger partial charge in [0.2, 0.25) is 5.91 Å². The Labute approximate surface area is 121 Å². The zero-order valence-corrected chi connectivity index (χ0v) is 12.6. The summed E-state index contributed by atoms with van der Waals surface area (Å²) in [7, 11) is 1.60. The normalized spacial score (nSPS) is 17.2. The molecule has 1 aliphatic rings. The van der Waals surface area contributed by atoms with Crippen LogP contribution in [0.15, 0.2) is 22.7 Å². The van der Waals surface area contributed by atoms with Crippen LogP contribution in [-0.4, -0.2) is 19.6 Å². The zero-order valence-electron chi connectivity index (χ0n) is 11.0. The maximum Gasteiger partial charge on any atom is 0.231 e. The Morgan fingerprint density at radius 2 is 2.16 bits per heavy atom. The largest absolute Gasteiger partial charge is 0.495 e. The number of nitrogens with two attached hydrogens (primary N) is 1. The molecule has 1 saturated carbocycles. The van der Waals surface area contributed by atoms with Gasteiger partial charge in [0.25, 0.3) is 0 Å². The lowest BCUT2D eigenvalue weighted by atomic mass is 9.85. The molecule has 0 bridgehead atoms. The van der Waals surface area contributed by atoms with Crippen molar-refractivity contribution < 1.29 is 9.53 Å². The van der Waals surface area contributed by atoms with Crippen LogP contribution in [0.25, 0.3) is 0 Å². The Morgan fingerprint density at radius 1 is 1.47 bits per heavy atom. The van der Waals surface area contributed by atoms with Gasteiger partial charge >= 0.3 is 0 Å². The molecule has 0 unspecified atom stereocenters. The Hall–Kier alpha value is -1.07. The highest BCUT2D eigenvalue weighted by molar-refractivity contribution is 9.10. The molecule has 1 amide bonds. The lowest BCUT2D eigenvalue weighted by Gasteiger charge is -2.25. The number of anilines is 1. The second kappa shape index (κ2) is 5.92. The van der Waals surface area contributed by atoms with Crippen molar-refractivity contribution in [2.24, 2.45) is 11.1 Å². The smallest absolute Gasteiger partial charge is 0.231 e. The topological polar surface area (TPSA) is 64.3 Å². The van der Waals surface area contributed by atoms with E-state index in [1.807, 2.05) is 12.1 Å². The number of methoxy groups -OCH3 is 1. The molecule has 1 aromatic carbocycles. The number of ether oxygens (including phenoxy) is 1. The van der Waals surface area contributed by atoms with Crippen LogP contribution in [0.3, 0.4) is 0 Å². The Balaban J connectivity index is 2.14. The van der Waals surface area contributed by atoms with Crippen LogP contribution >= 0.6 is 15.9 Å². The van der Waals surface area contributed by atoms with Crippen LogP contribution in [0, 0.1) is 5.41 Å². The van der Waals surface area contributed by atoms with E-state index in [4.69, 9.17) is 10.5 Å². The number of carbonyl (C=O) groups is 1. The summed E-state index contributed by atoms with van der Waals surface area (Å²) < 4.78 is 6.08. The molecule has 0 radical (unpaired) electrons. The summed E-state index contributed by atoms with van der Waals surface area (Å²) in [5.74, 6) is 0.725. The first-order valence-electron chi connectivity index (χ1n) is 6.46. The first-order valence-corrected chi connectivity index (χ1v) is 7.26. The molecule has 1 aromatic rings. The molecule has 2 rings (SSSR count). The van der Waals surface area contributed by atoms with Crippen LogP contribution < -0.4 is 15.8 Å². The van der Waals surface area contributed by atoms with E-state index in [1.165, 1.54) is 0 Å². The molecule has 0 spiro atoms. The average molecular weight is 327 g/mol. The van der Waals surface area contributed by atoms with Crippen LogP contribution in [0.2, 0.25) is 0 Å². The van der Waals surface area contributed by atoms with E-state index in [1.54, 1.807) is 13.2 Å². The number of hydrogen-bond acceptors (Lipinski definition) is 3. The fourth-order valence-electron chi connectivity index (χ4n) is 2.58. The molecule has 0 atom stereocenters. The van der Waals surface area contributed by atoms with Gasteiger partial charge in [-0.3, -0.25) is 4.79 Å². The highest BCUT2D eigenvalue weighted by atomic mass is 79.9. The molecule has 0 saturated heterocycles. The summed E-state index contributed by atoms with van der Waals surface area (Å²) in [4.78, 5) is 12.4. The molecule has 1 aliphatic carbocycles. The number of rotatable bonds is 4. The highest BCUT2D eigenvalue weighted by Gasteiger charge is 2.39. The Kier molecular flexibility index (Phi) is 4.47. The lowest BCUT2D eigenvalue weighted by Crippen LogP contribution is -2.40. The number of benzene rings is 1. The molecular formula is C14H19BrN2O2.